The van der Waals surface area contributed by atoms with Crippen LogP contribution in [0, 0.1) is 0 Å². The molecule has 1 aliphatic carbocycles. The van der Waals surface area contributed by atoms with E-state index in [1.54, 1.807) is 24.3 Å². The Kier molecular flexibility index (Phi) is 12.0. The molecule has 5 aromatic carbocycles. The van der Waals surface area contributed by atoms with E-state index in [0.29, 0.717) is 49.9 Å². The molecule has 15 nitrogen and oxygen atoms in total. The Morgan fingerprint density at radius 2 is 1.40 bits per heavy atom. The molecule has 6 N–H and O–H groups in total. The number of hydrogen-bond acceptors (Lipinski definition) is 10. The minimum atomic E-state index is -1.40. The lowest BCUT2D eigenvalue weighted by Crippen LogP contribution is -2.24. The third-order valence-corrected chi connectivity index (χ3v) is 11.1. The van der Waals surface area contributed by atoms with Gasteiger partial charge >= 0.3 is 17.9 Å². The van der Waals surface area contributed by atoms with Crippen LogP contribution in [0.5, 0.6) is 17.2 Å². The summed E-state index contributed by atoms with van der Waals surface area (Å²) >= 11 is 0. The van der Waals surface area contributed by atoms with Gasteiger partial charge in [-0.25, -0.2) is 14.4 Å². The van der Waals surface area contributed by atoms with Crippen LogP contribution in [0.1, 0.15) is 58.1 Å². The number of carboxylic acids is 3. The number of aromatic hydroxyl groups is 1. The van der Waals surface area contributed by atoms with Gasteiger partial charge in [-0.2, -0.15) is 0 Å². The fourth-order valence-electron chi connectivity index (χ4n) is 7.86. The van der Waals surface area contributed by atoms with Crippen LogP contribution in [0.3, 0.4) is 0 Å². The number of hydrogen-bond donors (Lipinski definition) is 6. The van der Waals surface area contributed by atoms with Gasteiger partial charge in [-0.3, -0.25) is 14.4 Å². The molecule has 3 aliphatic rings. The number of carbonyl (C=O) groups excluding carboxylic acids is 2. The van der Waals surface area contributed by atoms with Crippen LogP contribution in [-0.4, -0.2) is 70.8 Å². The maximum Gasteiger partial charge on any atom is 0.336 e. The lowest BCUT2D eigenvalue weighted by atomic mass is 9.88. The average Bonchev–Trinajstić information content (AvgIpc) is 3.29. The minimum absolute atomic E-state index is 0.0291. The number of allylic oxidation sites excluding steroid dienone is 2. The van der Waals surface area contributed by atoms with Gasteiger partial charge in [0.15, 0.2) is 5.43 Å². The molecule has 0 fully saturated rings. The van der Waals surface area contributed by atoms with E-state index in [1.807, 2.05) is 49.3 Å². The smallest absolute Gasteiger partial charge is 0.336 e. The van der Waals surface area contributed by atoms with Gasteiger partial charge in [0.25, 0.3) is 5.91 Å². The van der Waals surface area contributed by atoms with Gasteiger partial charge in [-0.15, -0.1) is 0 Å². The number of nitrogens with one attached hydrogen (secondary N) is 2. The Morgan fingerprint density at radius 3 is 2.15 bits per heavy atom. The molecule has 0 bridgehead atoms. The van der Waals surface area contributed by atoms with E-state index in [2.05, 4.69) is 17.2 Å². The van der Waals surface area contributed by atoms with E-state index in [1.165, 1.54) is 66.8 Å². The van der Waals surface area contributed by atoms with E-state index in [0.717, 1.165) is 17.0 Å². The number of aromatic carboxylic acids is 3. The van der Waals surface area contributed by atoms with Crippen molar-refractivity contribution in [1.82, 2.24) is 10.6 Å². The normalized spacial score (nSPS) is 11.9. The van der Waals surface area contributed by atoms with Gasteiger partial charge in [-0.1, -0.05) is 49.1 Å². The maximum absolute atomic E-state index is 13.2. The highest BCUT2D eigenvalue weighted by Gasteiger charge is 2.27. The van der Waals surface area contributed by atoms with Crippen molar-refractivity contribution in [3.05, 3.63) is 187 Å². The summed E-state index contributed by atoms with van der Waals surface area (Å²) in [6, 6.07) is 26.0. The van der Waals surface area contributed by atoms with Crippen molar-refractivity contribution in [1.29, 1.82) is 0 Å². The van der Waals surface area contributed by atoms with Crippen LogP contribution in [0.15, 0.2) is 137 Å². The van der Waals surface area contributed by atoms with Crippen LogP contribution in [-0.2, 0) is 11.3 Å². The number of benzene rings is 6. The third-order valence-electron chi connectivity index (χ3n) is 11.1. The molecule has 15 heteroatoms. The van der Waals surface area contributed by atoms with Crippen molar-refractivity contribution in [3.63, 3.8) is 0 Å². The molecule has 8 rings (SSSR count). The summed E-state index contributed by atoms with van der Waals surface area (Å²) in [6.45, 7) is 3.77. The molecule has 67 heavy (non-hydrogen) atoms. The lowest BCUT2D eigenvalue weighted by Gasteiger charge is -2.24. The molecule has 2 amide bonds. The number of fused-ring (bicyclic) bond motifs is 4. The van der Waals surface area contributed by atoms with E-state index in [4.69, 9.17) is 9.15 Å². The van der Waals surface area contributed by atoms with E-state index >= 15 is 0 Å². The second kappa shape index (κ2) is 18.1. The largest absolute Gasteiger partial charge is 0.507 e. The molecular formula is C52H39N3O12. The number of carbonyl (C=O) groups is 5. The van der Waals surface area contributed by atoms with Gasteiger partial charge < -0.3 is 45.1 Å². The Bertz CT molecular complexity index is 3460. The Hall–Kier alpha value is -9.24. The van der Waals surface area contributed by atoms with Crippen molar-refractivity contribution in [2.45, 2.75) is 6.54 Å². The van der Waals surface area contributed by atoms with Gasteiger partial charge in [0, 0.05) is 83.0 Å². The monoisotopic (exact) mass is 897 g/mol. The van der Waals surface area contributed by atoms with Crippen molar-refractivity contribution in [2.24, 2.45) is 0 Å². The first kappa shape index (κ1) is 44.4. The van der Waals surface area contributed by atoms with Crippen molar-refractivity contribution >= 4 is 58.5 Å². The average molecular weight is 898 g/mol. The van der Waals surface area contributed by atoms with E-state index < -0.39 is 35.2 Å². The predicted molar refractivity (Wildman–Crippen MR) is 250 cm³/mol. The third kappa shape index (κ3) is 8.84. The van der Waals surface area contributed by atoms with Crippen molar-refractivity contribution < 1.29 is 53.6 Å². The molecule has 0 saturated heterocycles. The summed E-state index contributed by atoms with van der Waals surface area (Å²) in [5, 5.41) is 48.0. The van der Waals surface area contributed by atoms with Gasteiger partial charge in [0.05, 0.1) is 28.8 Å². The lowest BCUT2D eigenvalue weighted by molar-refractivity contribution is -0.116. The maximum atomic E-state index is 13.2. The molecular weight excluding hydrogens is 859 g/mol. The van der Waals surface area contributed by atoms with Crippen LogP contribution in [0.2, 0.25) is 0 Å². The summed E-state index contributed by atoms with van der Waals surface area (Å²) in [6.07, 6.45) is 5.70. The number of rotatable bonds is 13. The molecule has 0 aromatic heterocycles. The number of phenols is 1. The number of anilines is 1. The van der Waals surface area contributed by atoms with Gasteiger partial charge in [-0.05, 0) is 83.1 Å². The van der Waals surface area contributed by atoms with Crippen LogP contribution >= 0.6 is 0 Å². The fraction of sp³-hybridized carbons (Fsp3) is 0.0769. The van der Waals surface area contributed by atoms with Crippen LogP contribution in [0.4, 0.5) is 5.69 Å². The minimum Gasteiger partial charge on any atom is -0.507 e. The van der Waals surface area contributed by atoms with Crippen molar-refractivity contribution in [2.75, 3.05) is 25.5 Å². The SMILES string of the molecule is C=c1ccc2c(c1)Oc1cc(N(C)C)ccc1C=2c1ccc(C(=O)NC/C=C/C=C/C(=O)NCc2c(O)ccc3c(-c4ccc(C(=O)O)cc4C(=O)O)c4ccc(=O)cc-4oc23)cc1C(=O)O. The summed E-state index contributed by atoms with van der Waals surface area (Å²) in [7, 11) is 3.81. The second-order valence-corrected chi connectivity index (χ2v) is 15.6. The molecule has 5 aromatic rings. The highest BCUT2D eigenvalue weighted by atomic mass is 16.5. The first-order valence-electron chi connectivity index (χ1n) is 20.5. The highest BCUT2D eigenvalue weighted by Crippen LogP contribution is 2.44. The summed E-state index contributed by atoms with van der Waals surface area (Å²) in [5.74, 6) is -4.21. The number of amides is 2. The van der Waals surface area contributed by atoms with Crippen LogP contribution in [0.25, 0.3) is 45.6 Å². The van der Waals surface area contributed by atoms with Crippen LogP contribution < -0.4 is 36.1 Å². The number of ether oxygens (including phenoxy) is 1. The molecule has 2 heterocycles. The Labute approximate surface area is 380 Å². The quantitative estimate of drug-likeness (QED) is 0.0421. The predicted octanol–water partition coefficient (Wildman–Crippen LogP) is 6.35. The standard InChI is InChI=1S/C52H39N3O12/c1-27-8-13-34-42(21-27)66-43-24-30(55(2)3)11-16-35(43)46(34)32-14-9-28(22-38(32)51(62)63)49(59)53-20-6-4-5-7-45(58)54-26-40-41(57)19-18-37-47(36-17-12-31(56)25-44(36)67-48(37)40)33-15-10-29(50(60)61)23-39(33)52(64)65/h4-19,21-25,57H,1,20,26H2,2-3H3,(H,53,59)(H,54,58)(H,60,61)(H,62,63)(H,64,65)/b6-4+,7-5+. The molecule has 0 saturated carbocycles. The highest BCUT2D eigenvalue weighted by molar-refractivity contribution is 6.09. The second-order valence-electron chi connectivity index (χ2n) is 15.6. The van der Waals surface area contributed by atoms with Gasteiger partial charge in [0.1, 0.15) is 28.6 Å². The molecule has 0 atom stereocenters. The molecule has 0 spiro atoms. The fourth-order valence-corrected chi connectivity index (χ4v) is 7.86. The zero-order chi connectivity index (χ0) is 47.7. The molecule has 334 valence electrons. The molecule has 0 radical (unpaired) electrons. The topological polar surface area (TPSA) is 233 Å². The Balaban J connectivity index is 0.975. The zero-order valence-corrected chi connectivity index (χ0v) is 35.7. The molecule has 0 unspecified atom stereocenters. The summed E-state index contributed by atoms with van der Waals surface area (Å²) in [5.41, 5.74) is 2.59. The number of carboxylic acid groups (broad SMARTS) is 3. The summed E-state index contributed by atoms with van der Waals surface area (Å²) < 4.78 is 12.4. The van der Waals surface area contributed by atoms with Crippen molar-refractivity contribution in [3.8, 4) is 39.7 Å². The first-order chi connectivity index (χ1) is 32.1. The number of nitrogens with zero attached hydrogens (tertiary/aromatic N) is 1. The summed E-state index contributed by atoms with van der Waals surface area (Å²) in [4.78, 5) is 77.3. The zero-order valence-electron chi connectivity index (χ0n) is 35.7. The first-order valence-corrected chi connectivity index (χ1v) is 20.5. The van der Waals surface area contributed by atoms with Gasteiger partial charge in [0.2, 0.25) is 5.91 Å². The molecule has 2 aliphatic heterocycles. The van der Waals surface area contributed by atoms with E-state index in [-0.39, 0.29) is 63.6 Å². The van der Waals surface area contributed by atoms with E-state index in [9.17, 15) is 49.2 Å². The number of phenolic OH excluding ortho intramolecular Hbond substituents is 1. The Morgan fingerprint density at radius 1 is 0.701 bits per heavy atom.